The molecule has 2 aliphatic carbocycles. The van der Waals surface area contributed by atoms with E-state index in [4.69, 9.17) is 16.3 Å². The molecule has 1 fully saturated rings. The monoisotopic (exact) mass is 335 g/mol. The Morgan fingerprint density at radius 1 is 1.43 bits per heavy atom. The molecule has 0 unspecified atom stereocenters. The maximum Gasteiger partial charge on any atom is 0.341 e. The highest BCUT2D eigenvalue weighted by Gasteiger charge is 2.40. The second-order valence-electron chi connectivity index (χ2n) is 5.64. The largest absolute Gasteiger partial charge is 0.462 e. The molecule has 2 aliphatic rings. The van der Waals surface area contributed by atoms with Crippen molar-refractivity contribution in [3.63, 3.8) is 0 Å². The number of halogens is 1. The average molecular weight is 336 g/mol. The number of ether oxygens (including phenoxy) is 1. The summed E-state index contributed by atoms with van der Waals surface area (Å²) < 4.78 is 4.94. The lowest BCUT2D eigenvalue weighted by Gasteiger charge is -2.23. The van der Waals surface area contributed by atoms with Crippen LogP contribution in [0.3, 0.4) is 0 Å². The average Bonchev–Trinajstić information content (AvgIpc) is 3.32. The second-order valence-corrected chi connectivity index (χ2v) is 6.05. The van der Waals surface area contributed by atoms with E-state index in [1.54, 1.807) is 13.0 Å². The minimum Gasteiger partial charge on any atom is -0.462 e. The summed E-state index contributed by atoms with van der Waals surface area (Å²) >= 11 is 5.92. The summed E-state index contributed by atoms with van der Waals surface area (Å²) in [6, 6.07) is 2.65. The zero-order valence-electron chi connectivity index (χ0n) is 12.4. The van der Waals surface area contributed by atoms with Crippen LogP contribution in [-0.4, -0.2) is 23.3 Å². The van der Waals surface area contributed by atoms with Crippen molar-refractivity contribution in [1.82, 2.24) is 0 Å². The number of carbonyl (C=O) groups is 2. The molecule has 0 bridgehead atoms. The number of ketones is 1. The van der Waals surface area contributed by atoms with E-state index >= 15 is 0 Å². The van der Waals surface area contributed by atoms with Crippen LogP contribution in [0.2, 0.25) is 5.02 Å². The predicted octanol–water partition coefficient (Wildman–Crippen LogP) is 3.43. The van der Waals surface area contributed by atoms with Crippen LogP contribution in [0.15, 0.2) is 23.8 Å². The molecular weight excluding hydrogens is 322 g/mol. The van der Waals surface area contributed by atoms with E-state index in [-0.39, 0.29) is 40.3 Å². The molecule has 1 atom stereocenters. The maximum atomic E-state index is 12.6. The third-order valence-electron chi connectivity index (χ3n) is 4.14. The zero-order chi connectivity index (χ0) is 16.7. The van der Waals surface area contributed by atoms with Gasteiger partial charge in [0.25, 0.3) is 5.69 Å². The molecule has 0 heterocycles. The number of nitro benzene ring substituents is 1. The van der Waals surface area contributed by atoms with Crippen LogP contribution in [0.1, 0.15) is 41.6 Å². The Balaban J connectivity index is 2.12. The first kappa shape index (κ1) is 15.7. The Morgan fingerprint density at radius 3 is 2.70 bits per heavy atom. The van der Waals surface area contributed by atoms with Gasteiger partial charge in [0, 0.05) is 17.5 Å². The van der Waals surface area contributed by atoms with Crippen molar-refractivity contribution in [2.24, 2.45) is 5.92 Å². The van der Waals surface area contributed by atoms with Crippen LogP contribution in [0, 0.1) is 16.0 Å². The van der Waals surface area contributed by atoms with Crippen molar-refractivity contribution in [2.75, 3.05) is 6.61 Å². The molecule has 0 aromatic heterocycles. The lowest BCUT2D eigenvalue weighted by molar-refractivity contribution is -0.384. The van der Waals surface area contributed by atoms with Crippen molar-refractivity contribution in [2.45, 2.75) is 25.7 Å². The fourth-order valence-corrected chi connectivity index (χ4v) is 3.13. The quantitative estimate of drug-likeness (QED) is 0.364. The van der Waals surface area contributed by atoms with Gasteiger partial charge in [-0.2, -0.15) is 0 Å². The number of carbonyl (C=O) groups excluding carboxylic acids is 2. The van der Waals surface area contributed by atoms with Gasteiger partial charge in [-0.3, -0.25) is 14.9 Å². The van der Waals surface area contributed by atoms with Gasteiger partial charge in [0.2, 0.25) is 0 Å². The first-order chi connectivity index (χ1) is 10.9. The Bertz CT molecular complexity index is 751. The van der Waals surface area contributed by atoms with E-state index in [1.807, 2.05) is 0 Å². The highest BCUT2D eigenvalue weighted by atomic mass is 35.5. The molecule has 3 rings (SSSR count). The first-order valence-corrected chi connectivity index (χ1v) is 7.73. The molecule has 0 spiro atoms. The molecule has 120 valence electrons. The van der Waals surface area contributed by atoms with Gasteiger partial charge in [0.05, 0.1) is 11.5 Å². The molecule has 0 radical (unpaired) electrons. The zero-order valence-corrected chi connectivity index (χ0v) is 13.1. The number of hydrogen-bond donors (Lipinski definition) is 0. The fourth-order valence-electron chi connectivity index (χ4n) is 2.90. The number of hydrogen-bond acceptors (Lipinski definition) is 5. The van der Waals surface area contributed by atoms with Crippen LogP contribution in [0.4, 0.5) is 5.69 Å². The number of rotatable bonds is 4. The maximum absolute atomic E-state index is 12.6. The second kappa shape index (κ2) is 5.77. The van der Waals surface area contributed by atoms with E-state index in [9.17, 15) is 19.7 Å². The molecule has 1 aromatic rings. The predicted molar refractivity (Wildman–Crippen MR) is 82.6 cm³/mol. The van der Waals surface area contributed by atoms with Crippen molar-refractivity contribution in [1.29, 1.82) is 0 Å². The molecule has 23 heavy (non-hydrogen) atoms. The summed E-state index contributed by atoms with van der Waals surface area (Å²) in [5, 5.41) is 11.0. The van der Waals surface area contributed by atoms with E-state index in [0.29, 0.717) is 5.56 Å². The molecule has 0 amide bonds. The standard InChI is InChI=1S/C16H14ClNO5/c1-2-23-16(20)12-5-9(8-3-4-8)10-7-14(18(21)22)13(17)6-11(10)15(12)19/h5-9H,2-4H2,1H3/t9-/m1/s1. The number of esters is 1. The van der Waals surface area contributed by atoms with Gasteiger partial charge in [-0.15, -0.1) is 0 Å². The molecule has 1 aromatic carbocycles. The van der Waals surface area contributed by atoms with Crippen molar-refractivity contribution in [3.05, 3.63) is 50.0 Å². The van der Waals surface area contributed by atoms with Gasteiger partial charge in [-0.05, 0) is 37.3 Å². The van der Waals surface area contributed by atoms with Crippen LogP contribution in [0.5, 0.6) is 0 Å². The lowest BCUT2D eigenvalue weighted by Crippen LogP contribution is -2.23. The van der Waals surface area contributed by atoms with E-state index in [2.05, 4.69) is 0 Å². The number of nitro groups is 1. The van der Waals surface area contributed by atoms with E-state index < -0.39 is 16.7 Å². The van der Waals surface area contributed by atoms with E-state index in [1.165, 1.54) is 12.1 Å². The van der Waals surface area contributed by atoms with Crippen molar-refractivity contribution < 1.29 is 19.2 Å². The normalized spacial score (nSPS) is 19.8. The Labute approximate surface area is 137 Å². The minimum absolute atomic E-state index is 0.0128. The number of allylic oxidation sites excluding steroid dienone is 1. The molecule has 0 saturated heterocycles. The van der Waals surface area contributed by atoms with Gasteiger partial charge in [0.15, 0.2) is 5.78 Å². The molecule has 7 heteroatoms. The Kier molecular flexibility index (Phi) is 3.93. The van der Waals surface area contributed by atoms with Crippen LogP contribution in [0.25, 0.3) is 0 Å². The van der Waals surface area contributed by atoms with Gasteiger partial charge < -0.3 is 4.74 Å². The van der Waals surface area contributed by atoms with Crippen LogP contribution >= 0.6 is 11.6 Å². The summed E-state index contributed by atoms with van der Waals surface area (Å²) in [7, 11) is 0. The number of fused-ring (bicyclic) bond motifs is 1. The summed E-state index contributed by atoms with van der Waals surface area (Å²) in [4.78, 5) is 35.1. The summed E-state index contributed by atoms with van der Waals surface area (Å²) in [6.45, 7) is 1.84. The highest BCUT2D eigenvalue weighted by molar-refractivity contribution is 6.34. The Morgan fingerprint density at radius 2 is 2.13 bits per heavy atom. The van der Waals surface area contributed by atoms with Gasteiger partial charge in [0.1, 0.15) is 10.6 Å². The van der Waals surface area contributed by atoms with Crippen molar-refractivity contribution >= 4 is 29.0 Å². The summed E-state index contributed by atoms with van der Waals surface area (Å²) in [6.07, 6.45) is 3.51. The minimum atomic E-state index is -0.664. The lowest BCUT2D eigenvalue weighted by atomic mass is 9.80. The van der Waals surface area contributed by atoms with Gasteiger partial charge in [-0.25, -0.2) is 4.79 Å². The smallest absolute Gasteiger partial charge is 0.341 e. The van der Waals surface area contributed by atoms with Gasteiger partial charge >= 0.3 is 5.97 Å². The summed E-state index contributed by atoms with van der Waals surface area (Å²) in [5.41, 5.74) is 0.586. The van der Waals surface area contributed by atoms with Gasteiger partial charge in [-0.1, -0.05) is 17.7 Å². The molecule has 0 aliphatic heterocycles. The fraction of sp³-hybridized carbons (Fsp3) is 0.375. The first-order valence-electron chi connectivity index (χ1n) is 7.35. The topological polar surface area (TPSA) is 86.5 Å². The Hall–Kier alpha value is -2.21. The highest BCUT2D eigenvalue weighted by Crippen LogP contribution is 2.48. The number of benzene rings is 1. The summed E-state index contributed by atoms with van der Waals surface area (Å²) in [5.74, 6) is -1.07. The van der Waals surface area contributed by atoms with Crippen molar-refractivity contribution in [3.8, 4) is 0 Å². The molecule has 6 nitrogen and oxygen atoms in total. The molecule has 0 N–H and O–H groups in total. The van der Waals surface area contributed by atoms with E-state index in [0.717, 1.165) is 12.8 Å². The molecular formula is C16H14ClNO5. The van der Waals surface area contributed by atoms with Crippen LogP contribution < -0.4 is 0 Å². The molecule has 1 saturated carbocycles. The SMILES string of the molecule is CCOC(=O)C1=C[C@H](C2CC2)c2cc([N+](=O)[O-])c(Cl)cc2C1=O. The number of Topliss-reactive ketones (excluding diaryl/α,β-unsaturated/α-hetero) is 1. The third-order valence-corrected chi connectivity index (χ3v) is 4.44. The van der Waals surface area contributed by atoms with Crippen LogP contribution in [-0.2, 0) is 9.53 Å². The number of nitrogens with zero attached hydrogens (tertiary/aromatic N) is 1. The third kappa shape index (κ3) is 2.74.